The highest BCUT2D eigenvalue weighted by atomic mass is 35.5. The number of halogens is 1. The summed E-state index contributed by atoms with van der Waals surface area (Å²) in [7, 11) is 0. The Kier molecular flexibility index (Phi) is 6.33. The maximum absolute atomic E-state index is 12.3. The van der Waals surface area contributed by atoms with E-state index in [0.29, 0.717) is 5.02 Å². The van der Waals surface area contributed by atoms with Gasteiger partial charge >= 0.3 is 0 Å². The predicted octanol–water partition coefficient (Wildman–Crippen LogP) is 3.98. The van der Waals surface area contributed by atoms with Gasteiger partial charge in [-0.25, -0.2) is 0 Å². The van der Waals surface area contributed by atoms with E-state index in [2.05, 4.69) is 11.9 Å². The first-order chi connectivity index (χ1) is 11.5. The Morgan fingerprint density at radius 2 is 1.67 bits per heavy atom. The standard InChI is InChI=1S/C20H20ClNO2/c1-3-19(24)22-13-18(14(2)23)20(15-7-5-4-6-8-15)16-9-11-17(21)12-10-16/h3-12,18,20H,1,13H2,2H3,(H,22,24). The van der Waals surface area contributed by atoms with Crippen LogP contribution in [0.2, 0.25) is 5.02 Å². The number of ketones is 1. The number of benzene rings is 2. The molecule has 2 aromatic carbocycles. The van der Waals surface area contributed by atoms with Gasteiger partial charge in [-0.05, 0) is 36.3 Å². The normalized spacial score (nSPS) is 12.9. The van der Waals surface area contributed by atoms with Gasteiger partial charge in [0.2, 0.25) is 5.91 Å². The van der Waals surface area contributed by atoms with Crippen LogP contribution in [-0.2, 0) is 9.59 Å². The number of nitrogens with one attached hydrogen (secondary N) is 1. The van der Waals surface area contributed by atoms with Gasteiger partial charge in [-0.1, -0.05) is 60.6 Å². The molecule has 0 spiro atoms. The molecule has 0 saturated heterocycles. The number of rotatable bonds is 7. The summed E-state index contributed by atoms with van der Waals surface area (Å²) in [5, 5.41) is 3.38. The van der Waals surface area contributed by atoms with Crippen molar-refractivity contribution in [3.05, 3.63) is 83.4 Å². The Morgan fingerprint density at radius 1 is 1.08 bits per heavy atom. The second-order valence-corrected chi connectivity index (χ2v) is 6.04. The number of Topliss-reactive ketones (excluding diaryl/α,β-unsaturated/α-hetero) is 1. The Bertz CT molecular complexity index is 710. The molecule has 0 fully saturated rings. The van der Waals surface area contributed by atoms with E-state index in [1.165, 1.54) is 6.08 Å². The van der Waals surface area contributed by atoms with Crippen molar-refractivity contribution in [3.63, 3.8) is 0 Å². The molecule has 2 rings (SSSR count). The van der Waals surface area contributed by atoms with Crippen molar-refractivity contribution in [2.45, 2.75) is 12.8 Å². The lowest BCUT2D eigenvalue weighted by molar-refractivity contribution is -0.121. The van der Waals surface area contributed by atoms with Gasteiger partial charge in [0, 0.05) is 23.4 Å². The molecule has 24 heavy (non-hydrogen) atoms. The van der Waals surface area contributed by atoms with Gasteiger partial charge in [0.05, 0.1) is 0 Å². The molecular weight excluding hydrogens is 322 g/mol. The SMILES string of the molecule is C=CC(=O)NCC(C(C)=O)C(c1ccccc1)c1ccc(Cl)cc1. The smallest absolute Gasteiger partial charge is 0.243 e. The van der Waals surface area contributed by atoms with E-state index < -0.39 is 0 Å². The van der Waals surface area contributed by atoms with E-state index in [4.69, 9.17) is 11.6 Å². The van der Waals surface area contributed by atoms with Gasteiger partial charge in [0.1, 0.15) is 5.78 Å². The van der Waals surface area contributed by atoms with Gasteiger partial charge in [0.15, 0.2) is 0 Å². The zero-order chi connectivity index (χ0) is 17.5. The fraction of sp³-hybridized carbons (Fsp3) is 0.200. The number of hydrogen-bond acceptors (Lipinski definition) is 2. The maximum Gasteiger partial charge on any atom is 0.243 e. The van der Waals surface area contributed by atoms with Crippen LogP contribution in [-0.4, -0.2) is 18.2 Å². The third kappa shape index (κ3) is 4.56. The number of hydrogen-bond donors (Lipinski definition) is 1. The van der Waals surface area contributed by atoms with E-state index in [1.54, 1.807) is 6.92 Å². The van der Waals surface area contributed by atoms with Gasteiger partial charge in [0.25, 0.3) is 0 Å². The highest BCUT2D eigenvalue weighted by molar-refractivity contribution is 6.30. The van der Waals surface area contributed by atoms with Crippen molar-refractivity contribution in [3.8, 4) is 0 Å². The fourth-order valence-electron chi connectivity index (χ4n) is 2.77. The van der Waals surface area contributed by atoms with E-state index in [0.717, 1.165) is 11.1 Å². The Labute approximate surface area is 147 Å². The Morgan fingerprint density at radius 3 is 2.21 bits per heavy atom. The third-order valence-corrected chi connectivity index (χ3v) is 4.25. The molecule has 2 aromatic rings. The van der Waals surface area contributed by atoms with Crippen LogP contribution in [0.4, 0.5) is 0 Å². The average Bonchev–Trinajstić information content (AvgIpc) is 2.59. The molecule has 3 nitrogen and oxygen atoms in total. The van der Waals surface area contributed by atoms with Crippen LogP contribution in [0.3, 0.4) is 0 Å². The molecule has 1 N–H and O–H groups in total. The van der Waals surface area contributed by atoms with Gasteiger partial charge in [-0.2, -0.15) is 0 Å². The van der Waals surface area contributed by atoms with Crippen molar-refractivity contribution in [2.24, 2.45) is 5.92 Å². The molecule has 0 radical (unpaired) electrons. The first kappa shape index (κ1) is 18.0. The van der Waals surface area contributed by atoms with E-state index in [-0.39, 0.29) is 30.1 Å². The molecule has 0 heterocycles. The highest BCUT2D eigenvalue weighted by Crippen LogP contribution is 2.33. The van der Waals surface area contributed by atoms with Crippen LogP contribution in [0.1, 0.15) is 24.0 Å². The molecular formula is C20H20ClNO2. The second kappa shape index (κ2) is 8.46. The minimum absolute atomic E-state index is 0.0168. The average molecular weight is 342 g/mol. The molecule has 124 valence electrons. The van der Waals surface area contributed by atoms with E-state index in [9.17, 15) is 9.59 Å². The summed E-state index contributed by atoms with van der Waals surface area (Å²) in [6.07, 6.45) is 1.21. The third-order valence-electron chi connectivity index (χ3n) is 3.99. The largest absolute Gasteiger partial charge is 0.352 e. The minimum Gasteiger partial charge on any atom is -0.352 e. The number of carbonyl (C=O) groups is 2. The number of amides is 1. The van der Waals surface area contributed by atoms with Crippen molar-refractivity contribution in [1.82, 2.24) is 5.32 Å². The van der Waals surface area contributed by atoms with Crippen LogP contribution in [0.5, 0.6) is 0 Å². The molecule has 0 aromatic heterocycles. The quantitative estimate of drug-likeness (QED) is 0.774. The van der Waals surface area contributed by atoms with Crippen LogP contribution in [0.15, 0.2) is 67.3 Å². The van der Waals surface area contributed by atoms with Crippen LogP contribution >= 0.6 is 11.6 Å². The molecule has 2 atom stereocenters. The zero-order valence-electron chi connectivity index (χ0n) is 13.5. The van der Waals surface area contributed by atoms with Crippen molar-refractivity contribution < 1.29 is 9.59 Å². The Hall–Kier alpha value is -2.39. The van der Waals surface area contributed by atoms with Crippen LogP contribution < -0.4 is 5.32 Å². The summed E-state index contributed by atoms with van der Waals surface area (Å²) < 4.78 is 0. The molecule has 0 aliphatic rings. The topological polar surface area (TPSA) is 46.2 Å². The summed E-state index contributed by atoms with van der Waals surface area (Å²) in [6, 6.07) is 17.3. The summed E-state index contributed by atoms with van der Waals surface area (Å²) in [5.41, 5.74) is 2.01. The molecule has 0 bridgehead atoms. The van der Waals surface area contributed by atoms with Gasteiger partial charge in [-0.15, -0.1) is 0 Å². The second-order valence-electron chi connectivity index (χ2n) is 5.61. The lowest BCUT2D eigenvalue weighted by Crippen LogP contribution is -2.35. The molecule has 0 saturated carbocycles. The molecule has 0 aliphatic carbocycles. The van der Waals surface area contributed by atoms with Gasteiger partial charge < -0.3 is 5.32 Å². The highest BCUT2D eigenvalue weighted by Gasteiger charge is 2.28. The minimum atomic E-state index is -0.377. The Balaban J connectivity index is 2.42. The predicted molar refractivity (Wildman–Crippen MR) is 97.1 cm³/mol. The van der Waals surface area contributed by atoms with Crippen LogP contribution in [0.25, 0.3) is 0 Å². The van der Waals surface area contributed by atoms with E-state index >= 15 is 0 Å². The molecule has 1 amide bonds. The summed E-state index contributed by atoms with van der Waals surface area (Å²) in [4.78, 5) is 23.8. The first-order valence-electron chi connectivity index (χ1n) is 7.74. The maximum atomic E-state index is 12.3. The van der Waals surface area contributed by atoms with E-state index in [1.807, 2.05) is 54.6 Å². The van der Waals surface area contributed by atoms with Crippen molar-refractivity contribution in [1.29, 1.82) is 0 Å². The van der Waals surface area contributed by atoms with Crippen molar-refractivity contribution >= 4 is 23.3 Å². The molecule has 4 heteroatoms. The fourth-order valence-corrected chi connectivity index (χ4v) is 2.89. The summed E-state index contributed by atoms with van der Waals surface area (Å²) in [5.74, 6) is -0.809. The summed E-state index contributed by atoms with van der Waals surface area (Å²) in [6.45, 7) is 5.25. The van der Waals surface area contributed by atoms with Gasteiger partial charge in [-0.3, -0.25) is 9.59 Å². The number of carbonyl (C=O) groups excluding carboxylic acids is 2. The molecule has 0 aliphatic heterocycles. The lowest BCUT2D eigenvalue weighted by atomic mass is 9.78. The van der Waals surface area contributed by atoms with Crippen LogP contribution in [0, 0.1) is 5.92 Å². The lowest BCUT2D eigenvalue weighted by Gasteiger charge is -2.26. The monoisotopic (exact) mass is 341 g/mol. The zero-order valence-corrected chi connectivity index (χ0v) is 14.3. The van der Waals surface area contributed by atoms with Crippen molar-refractivity contribution in [2.75, 3.05) is 6.54 Å². The molecule has 2 unspecified atom stereocenters. The summed E-state index contributed by atoms with van der Waals surface area (Å²) >= 11 is 5.99. The first-order valence-corrected chi connectivity index (χ1v) is 8.12.